The van der Waals surface area contributed by atoms with Gasteiger partial charge in [-0.3, -0.25) is 0 Å². The van der Waals surface area contributed by atoms with Crippen LogP contribution in [0.25, 0.3) is 0 Å². The molecule has 0 radical (unpaired) electrons. The molecule has 0 N–H and O–H groups in total. The molecular formula is C19H26F3NO3S. The van der Waals surface area contributed by atoms with Crippen molar-refractivity contribution < 1.29 is 27.4 Å². The summed E-state index contributed by atoms with van der Waals surface area (Å²) in [7, 11) is 0. The number of carbonyl (C=O) groups excluding carboxylic acids is 1. The van der Waals surface area contributed by atoms with Crippen LogP contribution < -0.4 is 4.74 Å². The number of amides is 1. The van der Waals surface area contributed by atoms with Crippen LogP contribution >= 0.6 is 11.8 Å². The largest absolute Gasteiger partial charge is 0.489 e. The van der Waals surface area contributed by atoms with E-state index in [2.05, 4.69) is 0 Å². The zero-order valence-corrected chi connectivity index (χ0v) is 16.8. The van der Waals surface area contributed by atoms with Crippen LogP contribution in [-0.4, -0.2) is 47.8 Å². The van der Waals surface area contributed by atoms with Crippen molar-refractivity contribution in [1.82, 2.24) is 4.90 Å². The minimum atomic E-state index is -4.36. The van der Waals surface area contributed by atoms with Gasteiger partial charge in [0.05, 0.1) is 5.56 Å². The van der Waals surface area contributed by atoms with Crippen molar-refractivity contribution in [2.45, 2.75) is 45.1 Å². The van der Waals surface area contributed by atoms with E-state index in [4.69, 9.17) is 9.47 Å². The first kappa shape index (κ1) is 21.7. The fraction of sp³-hybridized carbons (Fsp3) is 0.632. The molecule has 1 amide bonds. The summed E-state index contributed by atoms with van der Waals surface area (Å²) in [4.78, 5) is 13.9. The van der Waals surface area contributed by atoms with Crippen LogP contribution in [-0.2, 0) is 10.9 Å². The SMILES string of the molecule is CSC[C@@H](Oc1ccc(C(F)(F)F)cc1)C1CCN(C(=O)OC(C)(C)C)C1. The van der Waals surface area contributed by atoms with Gasteiger partial charge in [-0.05, 0) is 57.7 Å². The van der Waals surface area contributed by atoms with Gasteiger partial charge in [0.25, 0.3) is 0 Å². The lowest BCUT2D eigenvalue weighted by Gasteiger charge is -2.26. The third-order valence-corrected chi connectivity index (χ3v) is 4.86. The van der Waals surface area contributed by atoms with Crippen LogP contribution in [0.4, 0.5) is 18.0 Å². The molecule has 0 aromatic heterocycles. The average molecular weight is 405 g/mol. The number of benzene rings is 1. The van der Waals surface area contributed by atoms with Crippen molar-refractivity contribution in [1.29, 1.82) is 0 Å². The number of likely N-dealkylation sites (tertiary alicyclic amines) is 1. The Labute approximate surface area is 162 Å². The minimum Gasteiger partial charge on any atom is -0.489 e. The number of alkyl halides is 3. The maximum atomic E-state index is 12.7. The first-order chi connectivity index (χ1) is 12.5. The van der Waals surface area contributed by atoms with E-state index >= 15 is 0 Å². The molecular weight excluding hydrogens is 379 g/mol. The van der Waals surface area contributed by atoms with Gasteiger partial charge >= 0.3 is 12.3 Å². The zero-order valence-electron chi connectivity index (χ0n) is 16.0. The molecule has 0 saturated carbocycles. The van der Waals surface area contributed by atoms with Crippen LogP contribution in [0.1, 0.15) is 32.8 Å². The van der Waals surface area contributed by atoms with E-state index in [0.717, 1.165) is 18.6 Å². The van der Waals surface area contributed by atoms with Gasteiger partial charge in [0.15, 0.2) is 0 Å². The summed E-state index contributed by atoms with van der Waals surface area (Å²) in [5.74, 6) is 1.19. The van der Waals surface area contributed by atoms with Crippen LogP contribution in [0.3, 0.4) is 0 Å². The summed E-state index contributed by atoms with van der Waals surface area (Å²) in [6.07, 6.45) is -2.18. The fourth-order valence-corrected chi connectivity index (χ4v) is 3.58. The van der Waals surface area contributed by atoms with Crippen LogP contribution in [0, 0.1) is 5.92 Å². The second-order valence-electron chi connectivity index (χ2n) is 7.61. The van der Waals surface area contributed by atoms with E-state index in [1.807, 2.05) is 27.0 Å². The Morgan fingerprint density at radius 1 is 1.26 bits per heavy atom. The van der Waals surface area contributed by atoms with Crippen molar-refractivity contribution in [2.75, 3.05) is 25.1 Å². The molecule has 0 aliphatic carbocycles. The Bertz CT molecular complexity index is 629. The van der Waals surface area contributed by atoms with Crippen LogP contribution in [0.5, 0.6) is 5.75 Å². The normalized spacial score (nSPS) is 19.1. The van der Waals surface area contributed by atoms with Gasteiger partial charge in [-0.2, -0.15) is 24.9 Å². The highest BCUT2D eigenvalue weighted by atomic mass is 32.2. The highest BCUT2D eigenvalue weighted by molar-refractivity contribution is 7.98. The monoisotopic (exact) mass is 405 g/mol. The quantitative estimate of drug-likeness (QED) is 0.685. The fourth-order valence-electron chi connectivity index (χ4n) is 2.91. The van der Waals surface area contributed by atoms with Gasteiger partial charge in [0, 0.05) is 24.8 Å². The Hall–Kier alpha value is -1.57. The number of hydrogen-bond acceptors (Lipinski definition) is 4. The average Bonchev–Trinajstić information content (AvgIpc) is 3.02. The Kier molecular flexibility index (Phi) is 6.94. The second kappa shape index (κ2) is 8.63. The third kappa shape index (κ3) is 6.52. The molecule has 2 atom stereocenters. The van der Waals surface area contributed by atoms with E-state index in [1.165, 1.54) is 12.1 Å². The molecule has 1 aromatic carbocycles. The lowest BCUT2D eigenvalue weighted by Crippen LogP contribution is -2.37. The zero-order chi connectivity index (χ0) is 20.2. The van der Waals surface area contributed by atoms with E-state index in [9.17, 15) is 18.0 Å². The van der Waals surface area contributed by atoms with Gasteiger partial charge in [-0.15, -0.1) is 0 Å². The number of carbonyl (C=O) groups is 1. The van der Waals surface area contributed by atoms with E-state index in [0.29, 0.717) is 24.6 Å². The Balaban J connectivity index is 2.00. The standard InChI is InChI=1S/C19H26F3NO3S/c1-18(2,3)26-17(24)23-10-9-13(11-23)16(12-27-4)25-15-7-5-14(6-8-15)19(20,21)22/h5-8,13,16H,9-12H2,1-4H3/t13?,16-/m1/s1. The van der Waals surface area contributed by atoms with E-state index in [-0.39, 0.29) is 18.1 Å². The van der Waals surface area contributed by atoms with Gasteiger partial charge in [-0.1, -0.05) is 0 Å². The smallest absolute Gasteiger partial charge is 0.416 e. The van der Waals surface area contributed by atoms with Gasteiger partial charge in [0.2, 0.25) is 0 Å². The van der Waals surface area contributed by atoms with Crippen LogP contribution in [0.2, 0.25) is 0 Å². The molecule has 0 bridgehead atoms. The molecule has 152 valence electrons. The Morgan fingerprint density at radius 3 is 2.41 bits per heavy atom. The van der Waals surface area contributed by atoms with Gasteiger partial charge < -0.3 is 14.4 Å². The van der Waals surface area contributed by atoms with Gasteiger partial charge in [-0.25, -0.2) is 4.79 Å². The van der Waals surface area contributed by atoms with Crippen molar-refractivity contribution in [2.24, 2.45) is 5.92 Å². The molecule has 1 fully saturated rings. The minimum absolute atomic E-state index is 0.104. The van der Waals surface area contributed by atoms with Gasteiger partial charge in [0.1, 0.15) is 17.5 Å². The maximum absolute atomic E-state index is 12.7. The number of hydrogen-bond donors (Lipinski definition) is 0. The van der Waals surface area contributed by atoms with Crippen molar-refractivity contribution in [3.05, 3.63) is 29.8 Å². The van der Waals surface area contributed by atoms with E-state index in [1.54, 1.807) is 16.7 Å². The predicted molar refractivity (Wildman–Crippen MR) is 100 cm³/mol. The molecule has 1 aliphatic rings. The molecule has 27 heavy (non-hydrogen) atoms. The van der Waals surface area contributed by atoms with E-state index < -0.39 is 17.3 Å². The summed E-state index contributed by atoms with van der Waals surface area (Å²) in [5.41, 5.74) is -1.25. The lowest BCUT2D eigenvalue weighted by atomic mass is 10.0. The Morgan fingerprint density at radius 2 is 1.89 bits per heavy atom. The number of ether oxygens (including phenoxy) is 2. The molecule has 8 heteroatoms. The molecule has 1 aromatic rings. The molecule has 1 unspecified atom stereocenters. The second-order valence-corrected chi connectivity index (χ2v) is 8.52. The summed E-state index contributed by atoms with van der Waals surface area (Å²) >= 11 is 1.60. The highest BCUT2D eigenvalue weighted by Gasteiger charge is 2.35. The summed E-state index contributed by atoms with van der Waals surface area (Å²) in [6.45, 7) is 6.57. The topological polar surface area (TPSA) is 38.8 Å². The molecule has 0 spiro atoms. The number of thioether (sulfide) groups is 1. The summed E-state index contributed by atoms with van der Waals surface area (Å²) in [5, 5.41) is 0. The number of rotatable bonds is 5. The summed E-state index contributed by atoms with van der Waals surface area (Å²) < 4.78 is 49.4. The molecule has 1 saturated heterocycles. The summed E-state index contributed by atoms with van der Waals surface area (Å²) in [6, 6.07) is 4.73. The maximum Gasteiger partial charge on any atom is 0.416 e. The first-order valence-corrected chi connectivity index (χ1v) is 10.2. The first-order valence-electron chi connectivity index (χ1n) is 8.80. The number of nitrogens with zero attached hydrogens (tertiary/aromatic N) is 1. The molecule has 2 rings (SSSR count). The molecule has 1 aliphatic heterocycles. The van der Waals surface area contributed by atoms with Crippen molar-refractivity contribution in [3.63, 3.8) is 0 Å². The van der Waals surface area contributed by atoms with Crippen molar-refractivity contribution >= 4 is 17.9 Å². The number of halogens is 3. The van der Waals surface area contributed by atoms with Crippen LogP contribution in [0.15, 0.2) is 24.3 Å². The predicted octanol–water partition coefficient (Wildman–Crippen LogP) is 5.07. The lowest BCUT2D eigenvalue weighted by molar-refractivity contribution is -0.137. The molecule has 1 heterocycles. The highest BCUT2D eigenvalue weighted by Crippen LogP contribution is 2.32. The van der Waals surface area contributed by atoms with Crippen molar-refractivity contribution in [3.8, 4) is 5.75 Å². The molecule has 4 nitrogen and oxygen atoms in total. The third-order valence-electron chi connectivity index (χ3n) is 4.20.